The molecule has 0 aromatic heterocycles. The van der Waals surface area contributed by atoms with E-state index in [1.165, 1.54) is 0 Å². The molecule has 2 aromatic rings. The lowest BCUT2D eigenvalue weighted by molar-refractivity contribution is 0.0473. The van der Waals surface area contributed by atoms with Crippen molar-refractivity contribution in [2.24, 2.45) is 0 Å². The van der Waals surface area contributed by atoms with Crippen molar-refractivity contribution < 1.29 is 18.3 Å². The SMILES string of the molecule is Cc1cccc(COC(=O)c2cc(F)c(F)cc2N)c1. The van der Waals surface area contributed by atoms with Crippen LogP contribution in [0, 0.1) is 18.6 Å². The molecule has 2 N–H and O–H groups in total. The van der Waals surface area contributed by atoms with E-state index < -0.39 is 17.6 Å². The minimum atomic E-state index is -1.14. The second-order valence-corrected chi connectivity index (χ2v) is 4.42. The normalized spacial score (nSPS) is 10.3. The third-order valence-corrected chi connectivity index (χ3v) is 2.76. The number of hydrogen-bond acceptors (Lipinski definition) is 3. The molecule has 0 amide bonds. The van der Waals surface area contributed by atoms with Gasteiger partial charge < -0.3 is 10.5 Å². The van der Waals surface area contributed by atoms with E-state index in [4.69, 9.17) is 10.5 Å². The van der Waals surface area contributed by atoms with Crippen LogP contribution >= 0.6 is 0 Å². The summed E-state index contributed by atoms with van der Waals surface area (Å²) in [4.78, 5) is 11.8. The molecule has 0 bridgehead atoms. The van der Waals surface area contributed by atoms with E-state index in [9.17, 15) is 13.6 Å². The molecule has 0 atom stereocenters. The summed E-state index contributed by atoms with van der Waals surface area (Å²) < 4.78 is 31.0. The molecule has 2 rings (SSSR count). The fourth-order valence-corrected chi connectivity index (χ4v) is 1.77. The quantitative estimate of drug-likeness (QED) is 0.692. The number of hydrogen-bond donors (Lipinski definition) is 1. The summed E-state index contributed by atoms with van der Waals surface area (Å²) in [6.07, 6.45) is 0. The van der Waals surface area contributed by atoms with Gasteiger partial charge >= 0.3 is 5.97 Å². The molecule has 0 saturated carbocycles. The summed E-state index contributed by atoms with van der Waals surface area (Å²) in [7, 11) is 0. The molecule has 0 heterocycles. The van der Waals surface area contributed by atoms with Gasteiger partial charge in [-0.15, -0.1) is 0 Å². The highest BCUT2D eigenvalue weighted by Crippen LogP contribution is 2.18. The summed E-state index contributed by atoms with van der Waals surface area (Å²) in [6, 6.07) is 8.92. The third-order valence-electron chi connectivity index (χ3n) is 2.76. The van der Waals surface area contributed by atoms with Gasteiger partial charge in [-0.05, 0) is 18.6 Å². The Morgan fingerprint density at radius 2 is 1.90 bits per heavy atom. The van der Waals surface area contributed by atoms with E-state index in [1.807, 2.05) is 25.1 Å². The summed E-state index contributed by atoms with van der Waals surface area (Å²) >= 11 is 0. The van der Waals surface area contributed by atoms with Crippen LogP contribution in [-0.4, -0.2) is 5.97 Å². The molecule has 104 valence electrons. The molecule has 0 aliphatic rings. The summed E-state index contributed by atoms with van der Waals surface area (Å²) in [5, 5.41) is 0. The van der Waals surface area contributed by atoms with Gasteiger partial charge in [-0.1, -0.05) is 29.8 Å². The van der Waals surface area contributed by atoms with Crippen LogP contribution in [0.4, 0.5) is 14.5 Å². The largest absolute Gasteiger partial charge is 0.457 e. The maximum absolute atomic E-state index is 13.1. The van der Waals surface area contributed by atoms with Gasteiger partial charge in [0.1, 0.15) is 6.61 Å². The molecule has 0 saturated heterocycles. The molecule has 3 nitrogen and oxygen atoms in total. The number of anilines is 1. The fourth-order valence-electron chi connectivity index (χ4n) is 1.77. The lowest BCUT2D eigenvalue weighted by atomic mass is 10.1. The number of benzene rings is 2. The average molecular weight is 277 g/mol. The molecule has 0 unspecified atom stereocenters. The third kappa shape index (κ3) is 3.12. The zero-order valence-corrected chi connectivity index (χ0v) is 10.8. The molecular formula is C15H13F2NO2. The molecule has 2 aromatic carbocycles. The molecule has 0 aliphatic carbocycles. The van der Waals surface area contributed by atoms with Crippen LogP contribution in [0.3, 0.4) is 0 Å². The topological polar surface area (TPSA) is 52.3 Å². The highest BCUT2D eigenvalue weighted by atomic mass is 19.2. The second kappa shape index (κ2) is 5.69. The van der Waals surface area contributed by atoms with E-state index in [0.29, 0.717) is 0 Å². The van der Waals surface area contributed by atoms with Crippen molar-refractivity contribution in [2.45, 2.75) is 13.5 Å². The number of halogens is 2. The van der Waals surface area contributed by atoms with Crippen molar-refractivity contribution in [1.82, 2.24) is 0 Å². The van der Waals surface area contributed by atoms with Crippen LogP contribution in [0.5, 0.6) is 0 Å². The molecule has 0 radical (unpaired) electrons. The zero-order chi connectivity index (χ0) is 14.7. The van der Waals surface area contributed by atoms with Crippen molar-refractivity contribution in [3.8, 4) is 0 Å². The number of esters is 1. The van der Waals surface area contributed by atoms with Crippen LogP contribution in [0.25, 0.3) is 0 Å². The zero-order valence-electron chi connectivity index (χ0n) is 10.8. The Morgan fingerprint density at radius 1 is 1.20 bits per heavy atom. The Balaban J connectivity index is 2.11. The predicted octanol–water partition coefficient (Wildman–Crippen LogP) is 3.21. The Morgan fingerprint density at radius 3 is 2.60 bits per heavy atom. The lowest BCUT2D eigenvalue weighted by Crippen LogP contribution is -2.09. The maximum Gasteiger partial charge on any atom is 0.340 e. The maximum atomic E-state index is 13.1. The number of carbonyl (C=O) groups excluding carboxylic acids is 1. The van der Waals surface area contributed by atoms with Gasteiger partial charge in [-0.3, -0.25) is 0 Å². The number of carbonyl (C=O) groups is 1. The Bertz CT molecular complexity index is 656. The monoisotopic (exact) mass is 277 g/mol. The van der Waals surface area contributed by atoms with E-state index in [0.717, 1.165) is 23.3 Å². The van der Waals surface area contributed by atoms with Crippen LogP contribution in [-0.2, 0) is 11.3 Å². The molecule has 20 heavy (non-hydrogen) atoms. The first-order chi connectivity index (χ1) is 9.47. The van der Waals surface area contributed by atoms with Crippen LogP contribution in [0.15, 0.2) is 36.4 Å². The molecule has 0 fully saturated rings. The number of nitrogen functional groups attached to an aromatic ring is 1. The standard InChI is InChI=1S/C15H13F2NO2/c1-9-3-2-4-10(5-9)8-20-15(19)11-6-12(16)13(17)7-14(11)18/h2-7H,8,18H2,1H3. The van der Waals surface area contributed by atoms with Crippen LogP contribution in [0.2, 0.25) is 0 Å². The second-order valence-electron chi connectivity index (χ2n) is 4.42. The number of aryl methyl sites for hydroxylation is 1. The van der Waals surface area contributed by atoms with E-state index in [1.54, 1.807) is 6.07 Å². The first kappa shape index (κ1) is 14.0. The van der Waals surface area contributed by atoms with E-state index in [2.05, 4.69) is 0 Å². The van der Waals surface area contributed by atoms with E-state index in [-0.39, 0.29) is 17.9 Å². The van der Waals surface area contributed by atoms with Crippen molar-refractivity contribution in [3.63, 3.8) is 0 Å². The first-order valence-electron chi connectivity index (χ1n) is 5.94. The van der Waals surface area contributed by atoms with Crippen molar-refractivity contribution in [3.05, 3.63) is 64.7 Å². The van der Waals surface area contributed by atoms with Gasteiger partial charge in [0.2, 0.25) is 0 Å². The Kier molecular flexibility index (Phi) is 3.98. The average Bonchev–Trinajstić information content (AvgIpc) is 2.40. The Labute approximate surface area is 115 Å². The van der Waals surface area contributed by atoms with Crippen molar-refractivity contribution in [2.75, 3.05) is 5.73 Å². The van der Waals surface area contributed by atoms with Crippen molar-refractivity contribution in [1.29, 1.82) is 0 Å². The predicted molar refractivity (Wildman–Crippen MR) is 71.1 cm³/mol. The Hall–Kier alpha value is -2.43. The molecular weight excluding hydrogens is 264 g/mol. The van der Waals surface area contributed by atoms with Crippen molar-refractivity contribution >= 4 is 11.7 Å². The minimum Gasteiger partial charge on any atom is -0.457 e. The molecule has 0 aliphatic heterocycles. The summed E-state index contributed by atoms with van der Waals surface area (Å²) in [5.74, 6) is -3.03. The van der Waals surface area contributed by atoms with Gasteiger partial charge in [-0.2, -0.15) is 0 Å². The summed E-state index contributed by atoms with van der Waals surface area (Å²) in [5.41, 5.74) is 6.98. The lowest BCUT2D eigenvalue weighted by Gasteiger charge is -2.08. The van der Waals surface area contributed by atoms with E-state index >= 15 is 0 Å². The number of nitrogens with two attached hydrogens (primary N) is 1. The van der Waals surface area contributed by atoms with Gasteiger partial charge in [0.05, 0.1) is 5.56 Å². The van der Waals surface area contributed by atoms with Gasteiger partial charge in [-0.25, -0.2) is 13.6 Å². The smallest absolute Gasteiger partial charge is 0.340 e. The highest BCUT2D eigenvalue weighted by molar-refractivity contribution is 5.95. The molecule has 5 heteroatoms. The van der Waals surface area contributed by atoms with Crippen LogP contribution < -0.4 is 5.73 Å². The van der Waals surface area contributed by atoms with Gasteiger partial charge in [0.15, 0.2) is 11.6 Å². The summed E-state index contributed by atoms with van der Waals surface area (Å²) in [6.45, 7) is 1.96. The number of rotatable bonds is 3. The van der Waals surface area contributed by atoms with Gasteiger partial charge in [0, 0.05) is 11.8 Å². The fraction of sp³-hybridized carbons (Fsp3) is 0.133. The van der Waals surface area contributed by atoms with Crippen LogP contribution in [0.1, 0.15) is 21.5 Å². The number of ether oxygens (including phenoxy) is 1. The highest BCUT2D eigenvalue weighted by Gasteiger charge is 2.15. The molecule has 0 spiro atoms. The first-order valence-corrected chi connectivity index (χ1v) is 5.94. The minimum absolute atomic E-state index is 0.0406. The van der Waals surface area contributed by atoms with Gasteiger partial charge in [0.25, 0.3) is 0 Å².